The molecule has 0 spiro atoms. The number of benzene rings is 1. The SMILES string of the molecule is Cn1ncc2cc(C3CCC(CO[C@@H]4CN(C(=O)C(C)(C)C)CC[C@@H]4NS(C)(=O)=O)CC3)ccc21. The second-order valence-corrected chi connectivity index (χ2v) is 13.2. The van der Waals surface area contributed by atoms with Crippen LogP contribution in [0.4, 0.5) is 0 Å². The lowest BCUT2D eigenvalue weighted by Gasteiger charge is -2.41. The number of rotatable bonds is 6. The van der Waals surface area contributed by atoms with E-state index >= 15 is 0 Å². The van der Waals surface area contributed by atoms with Gasteiger partial charge in [0, 0.05) is 37.5 Å². The first kappa shape index (κ1) is 26.1. The summed E-state index contributed by atoms with van der Waals surface area (Å²) in [7, 11) is -1.39. The molecule has 8 nitrogen and oxygen atoms in total. The molecule has 2 atom stereocenters. The van der Waals surface area contributed by atoms with Crippen LogP contribution >= 0.6 is 0 Å². The van der Waals surface area contributed by atoms with Crippen LogP contribution in [-0.4, -0.2) is 67.1 Å². The Bertz CT molecular complexity index is 1150. The van der Waals surface area contributed by atoms with Crippen LogP contribution in [-0.2, 0) is 26.6 Å². The van der Waals surface area contributed by atoms with E-state index in [0.29, 0.717) is 38.0 Å². The summed E-state index contributed by atoms with van der Waals surface area (Å²) in [5.74, 6) is 1.07. The van der Waals surface area contributed by atoms with Gasteiger partial charge in [0.2, 0.25) is 15.9 Å². The molecule has 9 heteroatoms. The van der Waals surface area contributed by atoms with Gasteiger partial charge in [0.15, 0.2) is 0 Å². The number of aryl methyl sites for hydroxylation is 1. The molecule has 1 aliphatic heterocycles. The number of nitrogens with zero attached hydrogens (tertiary/aromatic N) is 3. The third-order valence-corrected chi connectivity index (χ3v) is 8.22. The molecule has 194 valence electrons. The van der Waals surface area contributed by atoms with Crippen molar-refractivity contribution in [1.29, 1.82) is 0 Å². The van der Waals surface area contributed by atoms with Gasteiger partial charge in [0.05, 0.1) is 30.1 Å². The van der Waals surface area contributed by atoms with Gasteiger partial charge in [-0.25, -0.2) is 13.1 Å². The Labute approximate surface area is 209 Å². The predicted molar refractivity (Wildman–Crippen MR) is 138 cm³/mol. The van der Waals surface area contributed by atoms with Crippen molar-refractivity contribution >= 4 is 26.8 Å². The maximum atomic E-state index is 12.8. The number of carbonyl (C=O) groups excluding carboxylic acids is 1. The van der Waals surface area contributed by atoms with E-state index in [0.717, 1.165) is 31.2 Å². The molecule has 1 aliphatic carbocycles. The highest BCUT2D eigenvalue weighted by Gasteiger charge is 2.37. The highest BCUT2D eigenvalue weighted by molar-refractivity contribution is 7.88. The third-order valence-electron chi connectivity index (χ3n) is 7.49. The fraction of sp³-hybridized carbons (Fsp3) is 0.692. The van der Waals surface area contributed by atoms with E-state index in [1.165, 1.54) is 17.2 Å². The Hall–Kier alpha value is -1.97. The second-order valence-electron chi connectivity index (χ2n) is 11.5. The molecule has 4 rings (SSSR count). The summed E-state index contributed by atoms with van der Waals surface area (Å²) in [6.07, 6.45) is 7.72. The number of amides is 1. The van der Waals surface area contributed by atoms with E-state index in [1.54, 1.807) is 0 Å². The summed E-state index contributed by atoms with van der Waals surface area (Å²) in [6, 6.07) is 6.36. The number of likely N-dealkylation sites (tertiary alicyclic amines) is 1. The fourth-order valence-electron chi connectivity index (χ4n) is 5.51. The van der Waals surface area contributed by atoms with Crippen LogP contribution in [0.15, 0.2) is 24.4 Å². The topological polar surface area (TPSA) is 93.5 Å². The summed E-state index contributed by atoms with van der Waals surface area (Å²) >= 11 is 0. The Morgan fingerprint density at radius 1 is 1.17 bits per heavy atom. The average Bonchev–Trinajstić information content (AvgIpc) is 3.17. The lowest BCUT2D eigenvalue weighted by molar-refractivity contribution is -0.144. The Balaban J connectivity index is 1.34. The summed E-state index contributed by atoms with van der Waals surface area (Å²) in [4.78, 5) is 14.7. The fourth-order valence-corrected chi connectivity index (χ4v) is 6.33. The third kappa shape index (κ3) is 6.43. The van der Waals surface area contributed by atoms with Crippen LogP contribution in [0.25, 0.3) is 10.9 Å². The molecule has 2 heterocycles. The molecule has 2 aromatic rings. The van der Waals surface area contributed by atoms with Gasteiger partial charge in [-0.3, -0.25) is 9.48 Å². The Kier molecular flexibility index (Phi) is 7.60. The smallest absolute Gasteiger partial charge is 0.228 e. The largest absolute Gasteiger partial charge is 0.374 e. The predicted octanol–water partition coefficient (Wildman–Crippen LogP) is 3.43. The quantitative estimate of drug-likeness (QED) is 0.651. The lowest BCUT2D eigenvalue weighted by Crippen LogP contribution is -2.57. The molecule has 2 aliphatic rings. The molecule has 1 amide bonds. The number of fused-ring (bicyclic) bond motifs is 1. The van der Waals surface area contributed by atoms with Crippen LogP contribution in [0, 0.1) is 11.3 Å². The zero-order valence-electron chi connectivity index (χ0n) is 21.7. The van der Waals surface area contributed by atoms with Crippen molar-refractivity contribution in [2.24, 2.45) is 18.4 Å². The van der Waals surface area contributed by atoms with Gasteiger partial charge in [-0.15, -0.1) is 0 Å². The zero-order chi connectivity index (χ0) is 25.4. The molecule has 1 saturated carbocycles. The average molecular weight is 505 g/mol. The molecule has 0 bridgehead atoms. The minimum Gasteiger partial charge on any atom is -0.374 e. The minimum atomic E-state index is -3.36. The van der Waals surface area contributed by atoms with E-state index in [-0.39, 0.29) is 18.1 Å². The molecule has 1 aromatic heterocycles. The Morgan fingerprint density at radius 3 is 2.54 bits per heavy atom. The molecule has 0 radical (unpaired) electrons. The summed E-state index contributed by atoms with van der Waals surface area (Å²) in [5, 5.41) is 5.54. The molecule has 2 fully saturated rings. The first-order valence-corrected chi connectivity index (χ1v) is 14.6. The number of hydrogen-bond donors (Lipinski definition) is 1. The molecule has 35 heavy (non-hydrogen) atoms. The summed E-state index contributed by atoms with van der Waals surface area (Å²) < 4.78 is 34.8. The maximum Gasteiger partial charge on any atom is 0.228 e. The van der Waals surface area contributed by atoms with E-state index in [2.05, 4.69) is 28.0 Å². The Morgan fingerprint density at radius 2 is 1.89 bits per heavy atom. The van der Waals surface area contributed by atoms with Gasteiger partial charge in [0.25, 0.3) is 0 Å². The van der Waals surface area contributed by atoms with E-state index in [1.807, 2.05) is 43.6 Å². The lowest BCUT2D eigenvalue weighted by atomic mass is 9.79. The molecule has 0 unspecified atom stereocenters. The number of hydrogen-bond acceptors (Lipinski definition) is 5. The van der Waals surface area contributed by atoms with Crippen LogP contribution in [0.1, 0.15) is 64.4 Å². The zero-order valence-corrected chi connectivity index (χ0v) is 22.5. The van der Waals surface area contributed by atoms with Gasteiger partial charge in [-0.05, 0) is 61.6 Å². The molecular weight excluding hydrogens is 464 g/mol. The van der Waals surface area contributed by atoms with Crippen molar-refractivity contribution in [3.05, 3.63) is 30.0 Å². The van der Waals surface area contributed by atoms with Crippen molar-refractivity contribution in [2.75, 3.05) is 26.0 Å². The standard InChI is InChI=1S/C26H40N4O4S/c1-26(2,3)25(31)30-13-12-22(28-35(5,32)33)24(16-30)34-17-18-6-8-19(9-7-18)20-10-11-23-21(14-20)15-27-29(23)4/h10-11,14-15,18-19,22,24,28H,6-9,12-13,16-17H2,1-5H3/t18?,19?,22-,24+/m0/s1. The minimum absolute atomic E-state index is 0.0787. The van der Waals surface area contributed by atoms with Crippen LogP contribution in [0.2, 0.25) is 0 Å². The first-order valence-electron chi connectivity index (χ1n) is 12.7. The van der Waals surface area contributed by atoms with E-state index < -0.39 is 15.4 Å². The van der Waals surface area contributed by atoms with Crippen molar-refractivity contribution in [3.8, 4) is 0 Å². The highest BCUT2D eigenvalue weighted by atomic mass is 32.2. The van der Waals surface area contributed by atoms with E-state index in [9.17, 15) is 13.2 Å². The van der Waals surface area contributed by atoms with E-state index in [4.69, 9.17) is 4.74 Å². The normalized spacial score (nSPS) is 26.3. The van der Waals surface area contributed by atoms with Crippen molar-refractivity contribution in [2.45, 2.75) is 70.9 Å². The van der Waals surface area contributed by atoms with Crippen molar-refractivity contribution in [3.63, 3.8) is 0 Å². The van der Waals surface area contributed by atoms with Gasteiger partial charge >= 0.3 is 0 Å². The molecule has 1 N–H and O–H groups in total. The number of piperidine rings is 1. The number of carbonyl (C=O) groups is 1. The second kappa shape index (κ2) is 10.2. The summed E-state index contributed by atoms with van der Waals surface area (Å²) in [5.41, 5.74) is 2.06. The van der Waals surface area contributed by atoms with Crippen molar-refractivity contribution < 1.29 is 17.9 Å². The van der Waals surface area contributed by atoms with Crippen LogP contribution in [0.5, 0.6) is 0 Å². The maximum absolute atomic E-state index is 12.8. The monoisotopic (exact) mass is 504 g/mol. The van der Waals surface area contributed by atoms with Crippen molar-refractivity contribution in [1.82, 2.24) is 19.4 Å². The number of sulfonamides is 1. The van der Waals surface area contributed by atoms with Gasteiger partial charge < -0.3 is 9.64 Å². The molecular formula is C26H40N4O4S. The molecule has 1 saturated heterocycles. The highest BCUT2D eigenvalue weighted by Crippen LogP contribution is 2.37. The van der Waals surface area contributed by atoms with Gasteiger partial charge in [-0.2, -0.15) is 5.10 Å². The molecule has 1 aromatic carbocycles. The number of aromatic nitrogens is 2. The van der Waals surface area contributed by atoms with Crippen LogP contribution in [0.3, 0.4) is 0 Å². The first-order chi connectivity index (χ1) is 16.4. The van der Waals surface area contributed by atoms with Gasteiger partial charge in [0.1, 0.15) is 0 Å². The number of ether oxygens (including phenoxy) is 1. The van der Waals surface area contributed by atoms with Gasteiger partial charge in [-0.1, -0.05) is 26.8 Å². The summed E-state index contributed by atoms with van der Waals surface area (Å²) in [6.45, 7) is 7.29. The van der Waals surface area contributed by atoms with Crippen LogP contribution < -0.4 is 4.72 Å². The number of nitrogens with one attached hydrogen (secondary N) is 1.